The van der Waals surface area contributed by atoms with Crippen molar-refractivity contribution < 1.29 is 19.4 Å². The van der Waals surface area contributed by atoms with Gasteiger partial charge in [-0.1, -0.05) is 23.9 Å². The third-order valence-corrected chi connectivity index (χ3v) is 5.25. The van der Waals surface area contributed by atoms with Crippen LogP contribution in [-0.4, -0.2) is 47.0 Å². The maximum absolute atomic E-state index is 12.2. The minimum absolute atomic E-state index is 0.249. The number of aliphatic carboxylic acids is 1. The van der Waals surface area contributed by atoms with Gasteiger partial charge in [-0.3, -0.25) is 9.59 Å². The summed E-state index contributed by atoms with van der Waals surface area (Å²) in [5.74, 6) is -1.32. The molecule has 1 atom stereocenters. The molecule has 8 heteroatoms. The Morgan fingerprint density at radius 1 is 1.43 bits per heavy atom. The fourth-order valence-electron chi connectivity index (χ4n) is 1.87. The molecule has 0 radical (unpaired) electrons. The van der Waals surface area contributed by atoms with E-state index in [0.29, 0.717) is 24.1 Å². The predicted molar refractivity (Wildman–Crippen MR) is 91.0 cm³/mol. The maximum atomic E-state index is 12.2. The number of thioether (sulfide) groups is 1. The van der Waals surface area contributed by atoms with Crippen LogP contribution in [0.2, 0.25) is 0 Å². The lowest BCUT2D eigenvalue weighted by atomic mass is 10.3. The van der Waals surface area contributed by atoms with Crippen LogP contribution in [0.3, 0.4) is 0 Å². The first-order valence-corrected chi connectivity index (χ1v) is 8.89. The van der Waals surface area contributed by atoms with Crippen LogP contribution < -0.4 is 5.32 Å². The van der Waals surface area contributed by atoms with Crippen molar-refractivity contribution in [2.24, 2.45) is 0 Å². The Balaban J connectivity index is 2.02. The van der Waals surface area contributed by atoms with Gasteiger partial charge in [-0.2, -0.15) is 0 Å². The lowest BCUT2D eigenvalue weighted by Crippen LogP contribution is -2.36. The quantitative estimate of drug-likeness (QED) is 0.531. The highest BCUT2D eigenvalue weighted by molar-refractivity contribution is 8.02. The maximum Gasteiger partial charge on any atom is 0.305 e. The van der Waals surface area contributed by atoms with E-state index in [2.05, 4.69) is 10.3 Å². The minimum atomic E-state index is -1.01. The van der Waals surface area contributed by atoms with E-state index in [-0.39, 0.29) is 12.3 Å². The molecule has 2 N–H and O–H groups in total. The molecule has 2 aromatic rings. The number of benzene rings is 1. The molecule has 6 nitrogen and oxygen atoms in total. The Labute approximate surface area is 142 Å². The van der Waals surface area contributed by atoms with Crippen molar-refractivity contribution >= 4 is 45.2 Å². The molecule has 0 fully saturated rings. The number of hydrogen-bond acceptors (Lipinski definition) is 6. The van der Waals surface area contributed by atoms with Crippen LogP contribution in [0, 0.1) is 0 Å². The summed E-state index contributed by atoms with van der Waals surface area (Å²) in [6, 6.07) is 7.66. The normalized spacial score (nSPS) is 12.2. The third kappa shape index (κ3) is 5.49. The average Bonchev–Trinajstić information content (AvgIpc) is 2.92. The second-order valence-electron chi connectivity index (χ2n) is 4.64. The molecule has 1 aromatic heterocycles. The van der Waals surface area contributed by atoms with E-state index in [1.165, 1.54) is 23.1 Å². The fourth-order valence-corrected chi connectivity index (χ4v) is 4.19. The van der Waals surface area contributed by atoms with Crippen LogP contribution >= 0.6 is 23.1 Å². The minimum Gasteiger partial charge on any atom is -0.481 e. The standard InChI is InChI=1S/C15H18N2O4S2/c1-2-21-8-7-16-14(20)12(9-13(18)19)23-15-17-10-5-3-4-6-11(10)22-15/h3-6,12H,2,7-9H2,1H3,(H,16,20)(H,18,19). The van der Waals surface area contributed by atoms with Gasteiger partial charge in [0, 0.05) is 13.2 Å². The molecule has 0 spiro atoms. The van der Waals surface area contributed by atoms with E-state index in [4.69, 9.17) is 9.84 Å². The van der Waals surface area contributed by atoms with Crippen molar-refractivity contribution in [3.05, 3.63) is 24.3 Å². The first-order chi connectivity index (χ1) is 11.1. The second kappa shape index (κ2) is 8.85. The Hall–Kier alpha value is -1.64. The summed E-state index contributed by atoms with van der Waals surface area (Å²) in [5, 5.41) is 11.0. The van der Waals surface area contributed by atoms with Gasteiger partial charge in [0.2, 0.25) is 5.91 Å². The summed E-state index contributed by atoms with van der Waals surface area (Å²) in [7, 11) is 0. The molecular formula is C15H18N2O4S2. The lowest BCUT2D eigenvalue weighted by molar-refractivity contribution is -0.138. The summed E-state index contributed by atoms with van der Waals surface area (Å²) in [6.07, 6.45) is -0.249. The molecule has 0 aliphatic rings. The molecule has 0 saturated heterocycles. The largest absolute Gasteiger partial charge is 0.481 e. The molecule has 1 unspecified atom stereocenters. The number of ether oxygens (including phenoxy) is 1. The third-order valence-electron chi connectivity index (χ3n) is 2.92. The molecule has 1 amide bonds. The monoisotopic (exact) mass is 354 g/mol. The highest BCUT2D eigenvalue weighted by atomic mass is 32.2. The molecule has 23 heavy (non-hydrogen) atoms. The number of thiazole rings is 1. The van der Waals surface area contributed by atoms with Crippen molar-refractivity contribution in [2.45, 2.75) is 22.9 Å². The highest BCUT2D eigenvalue weighted by Gasteiger charge is 2.24. The summed E-state index contributed by atoms with van der Waals surface area (Å²) < 4.78 is 6.86. The summed E-state index contributed by atoms with van der Waals surface area (Å²) in [4.78, 5) is 27.6. The molecule has 124 valence electrons. The number of para-hydroxylation sites is 1. The van der Waals surface area contributed by atoms with Crippen molar-refractivity contribution in [2.75, 3.05) is 19.8 Å². The van der Waals surface area contributed by atoms with Gasteiger partial charge < -0.3 is 15.2 Å². The Bertz CT molecular complexity index is 641. The molecule has 2 rings (SSSR count). The van der Waals surface area contributed by atoms with E-state index in [1.54, 1.807) is 0 Å². The number of fused-ring (bicyclic) bond motifs is 1. The molecule has 0 bridgehead atoms. The van der Waals surface area contributed by atoms with Gasteiger partial charge in [0.05, 0.1) is 23.2 Å². The van der Waals surface area contributed by atoms with Crippen molar-refractivity contribution in [1.29, 1.82) is 0 Å². The lowest BCUT2D eigenvalue weighted by Gasteiger charge is -2.13. The number of nitrogens with zero attached hydrogens (tertiary/aromatic N) is 1. The highest BCUT2D eigenvalue weighted by Crippen LogP contribution is 2.33. The summed E-state index contributed by atoms with van der Waals surface area (Å²) in [5.41, 5.74) is 0.853. The smallest absolute Gasteiger partial charge is 0.305 e. The van der Waals surface area contributed by atoms with Crippen LogP contribution in [0.4, 0.5) is 0 Å². The first-order valence-electron chi connectivity index (χ1n) is 7.19. The zero-order chi connectivity index (χ0) is 16.7. The zero-order valence-electron chi connectivity index (χ0n) is 12.7. The second-order valence-corrected chi connectivity index (χ2v) is 7.12. The number of carboxylic acids is 1. The first kappa shape index (κ1) is 17.7. The van der Waals surface area contributed by atoms with E-state index in [0.717, 1.165) is 10.2 Å². The van der Waals surface area contributed by atoms with Gasteiger partial charge in [0.15, 0.2) is 4.34 Å². The number of carbonyl (C=O) groups is 2. The average molecular weight is 354 g/mol. The number of hydrogen-bond donors (Lipinski definition) is 2. The van der Waals surface area contributed by atoms with Crippen molar-refractivity contribution in [3.63, 3.8) is 0 Å². The summed E-state index contributed by atoms with van der Waals surface area (Å²) >= 11 is 2.64. The molecule has 0 aliphatic heterocycles. The summed E-state index contributed by atoms with van der Waals surface area (Å²) in [6.45, 7) is 3.23. The number of nitrogens with one attached hydrogen (secondary N) is 1. The van der Waals surface area contributed by atoms with Crippen LogP contribution in [0.1, 0.15) is 13.3 Å². The van der Waals surface area contributed by atoms with Gasteiger partial charge in [0.1, 0.15) is 5.25 Å². The molecule has 0 aliphatic carbocycles. The van der Waals surface area contributed by atoms with E-state index in [9.17, 15) is 9.59 Å². The fraction of sp³-hybridized carbons (Fsp3) is 0.400. The van der Waals surface area contributed by atoms with Crippen LogP contribution in [0.5, 0.6) is 0 Å². The number of rotatable bonds is 9. The van der Waals surface area contributed by atoms with Crippen molar-refractivity contribution in [3.8, 4) is 0 Å². The Morgan fingerprint density at radius 3 is 2.91 bits per heavy atom. The van der Waals surface area contributed by atoms with Gasteiger partial charge in [-0.05, 0) is 19.1 Å². The number of amides is 1. The topological polar surface area (TPSA) is 88.5 Å². The number of aromatic nitrogens is 1. The molecular weight excluding hydrogens is 336 g/mol. The van der Waals surface area contributed by atoms with Crippen LogP contribution in [-0.2, 0) is 14.3 Å². The van der Waals surface area contributed by atoms with E-state index in [1.807, 2.05) is 31.2 Å². The molecule has 1 aromatic carbocycles. The van der Waals surface area contributed by atoms with Gasteiger partial charge >= 0.3 is 5.97 Å². The molecule has 1 heterocycles. The molecule has 0 saturated carbocycles. The Kier molecular flexibility index (Phi) is 6.82. The van der Waals surface area contributed by atoms with Crippen LogP contribution in [0.15, 0.2) is 28.6 Å². The van der Waals surface area contributed by atoms with Gasteiger partial charge in [0.25, 0.3) is 0 Å². The van der Waals surface area contributed by atoms with Crippen LogP contribution in [0.25, 0.3) is 10.2 Å². The zero-order valence-corrected chi connectivity index (χ0v) is 14.3. The van der Waals surface area contributed by atoms with Gasteiger partial charge in [-0.15, -0.1) is 11.3 Å². The van der Waals surface area contributed by atoms with Gasteiger partial charge in [-0.25, -0.2) is 4.98 Å². The van der Waals surface area contributed by atoms with E-state index >= 15 is 0 Å². The SMILES string of the molecule is CCOCCNC(=O)C(CC(=O)O)Sc1nc2ccccc2s1. The number of carbonyl (C=O) groups excluding carboxylic acids is 1. The van der Waals surface area contributed by atoms with Crippen molar-refractivity contribution in [1.82, 2.24) is 10.3 Å². The number of carboxylic acid groups (broad SMARTS) is 1. The predicted octanol–water partition coefficient (Wildman–Crippen LogP) is 2.38. The van der Waals surface area contributed by atoms with E-state index < -0.39 is 11.2 Å². The Morgan fingerprint density at radius 2 is 2.22 bits per heavy atom.